The number of benzene rings is 1. The van der Waals surface area contributed by atoms with Gasteiger partial charge in [-0.25, -0.2) is 4.79 Å². The van der Waals surface area contributed by atoms with Crippen molar-refractivity contribution in [1.29, 1.82) is 0 Å². The quantitative estimate of drug-likeness (QED) is 0.860. The van der Waals surface area contributed by atoms with Gasteiger partial charge in [0.15, 0.2) is 0 Å². The van der Waals surface area contributed by atoms with Crippen LogP contribution in [0.2, 0.25) is 0 Å². The molecule has 2 rings (SSSR count). The molecule has 1 aliphatic heterocycles. The van der Waals surface area contributed by atoms with Crippen molar-refractivity contribution in [2.24, 2.45) is 5.41 Å². The molecular formula is C15H19NO4. The predicted octanol–water partition coefficient (Wildman–Crippen LogP) is 2.16. The number of carbonyl (C=O) groups is 2. The lowest BCUT2D eigenvalue weighted by atomic mass is 9.74. The fraction of sp³-hybridized carbons (Fsp3) is 0.467. The van der Waals surface area contributed by atoms with E-state index >= 15 is 0 Å². The van der Waals surface area contributed by atoms with E-state index in [1.54, 1.807) is 0 Å². The minimum absolute atomic E-state index is 0.244. The van der Waals surface area contributed by atoms with Crippen molar-refractivity contribution in [2.45, 2.75) is 19.3 Å². The average Bonchev–Trinajstić information content (AvgIpc) is 2.48. The third-order valence-corrected chi connectivity index (χ3v) is 3.99. The summed E-state index contributed by atoms with van der Waals surface area (Å²) < 4.78 is 4.96. The molecule has 1 aromatic carbocycles. The lowest BCUT2D eigenvalue weighted by Crippen LogP contribution is -2.47. The molecule has 20 heavy (non-hydrogen) atoms. The molecule has 0 aliphatic carbocycles. The summed E-state index contributed by atoms with van der Waals surface area (Å²) >= 11 is 0. The maximum absolute atomic E-state index is 12.2. The van der Waals surface area contributed by atoms with Gasteiger partial charge in [0.1, 0.15) is 0 Å². The summed E-state index contributed by atoms with van der Waals surface area (Å²) in [4.78, 5) is 24.5. The molecule has 1 amide bonds. The molecule has 0 atom stereocenters. The number of methoxy groups -OCH3 is 1. The molecule has 1 aliphatic rings. The van der Waals surface area contributed by atoms with Crippen molar-refractivity contribution in [3.8, 4) is 0 Å². The highest BCUT2D eigenvalue weighted by Gasteiger charge is 2.43. The van der Waals surface area contributed by atoms with Gasteiger partial charge < -0.3 is 14.7 Å². The SMILES string of the molecule is COC(=O)C1(Cc2ccccc2)CCN(C(=O)O)CC1. The Bertz CT molecular complexity index is 478. The van der Waals surface area contributed by atoms with Gasteiger partial charge in [0.25, 0.3) is 0 Å². The monoisotopic (exact) mass is 277 g/mol. The number of nitrogens with zero attached hydrogens (tertiary/aromatic N) is 1. The first-order valence-corrected chi connectivity index (χ1v) is 6.68. The molecule has 5 nitrogen and oxygen atoms in total. The molecule has 0 radical (unpaired) electrons. The number of hydrogen-bond acceptors (Lipinski definition) is 3. The van der Waals surface area contributed by atoms with Gasteiger partial charge in [0.05, 0.1) is 12.5 Å². The second kappa shape index (κ2) is 5.94. The lowest BCUT2D eigenvalue weighted by molar-refractivity contribution is -0.155. The highest BCUT2D eigenvalue weighted by Crippen LogP contribution is 2.36. The standard InChI is InChI=1S/C15H19NO4/c1-20-13(17)15(11-12-5-3-2-4-6-12)7-9-16(10-8-15)14(18)19/h2-6H,7-11H2,1H3,(H,18,19). The number of carboxylic acid groups (broad SMARTS) is 1. The molecule has 0 aromatic heterocycles. The van der Waals surface area contributed by atoms with Crippen LogP contribution in [0, 0.1) is 5.41 Å². The van der Waals surface area contributed by atoms with Gasteiger partial charge in [-0.15, -0.1) is 0 Å². The zero-order valence-corrected chi connectivity index (χ0v) is 11.5. The molecule has 1 heterocycles. The Morgan fingerprint density at radius 3 is 2.35 bits per heavy atom. The van der Waals surface area contributed by atoms with E-state index in [1.807, 2.05) is 30.3 Å². The largest absolute Gasteiger partial charge is 0.469 e. The van der Waals surface area contributed by atoms with Gasteiger partial charge in [-0.05, 0) is 24.8 Å². The van der Waals surface area contributed by atoms with Gasteiger partial charge in [0.2, 0.25) is 0 Å². The molecule has 1 N–H and O–H groups in total. The minimum atomic E-state index is -0.928. The van der Waals surface area contributed by atoms with Crippen molar-refractivity contribution in [2.75, 3.05) is 20.2 Å². The van der Waals surface area contributed by atoms with Gasteiger partial charge >= 0.3 is 12.1 Å². The zero-order chi connectivity index (χ0) is 14.6. The van der Waals surface area contributed by atoms with E-state index in [2.05, 4.69) is 0 Å². The second-order valence-corrected chi connectivity index (χ2v) is 5.20. The Hall–Kier alpha value is -2.04. The highest BCUT2D eigenvalue weighted by molar-refractivity contribution is 5.78. The van der Waals surface area contributed by atoms with Crippen LogP contribution in [0.4, 0.5) is 4.79 Å². The molecule has 1 fully saturated rings. The van der Waals surface area contributed by atoms with Crippen molar-refractivity contribution < 1.29 is 19.4 Å². The summed E-state index contributed by atoms with van der Waals surface area (Å²) in [6.07, 6.45) is 0.665. The topological polar surface area (TPSA) is 66.8 Å². The van der Waals surface area contributed by atoms with E-state index in [0.29, 0.717) is 32.4 Å². The Morgan fingerprint density at radius 2 is 1.85 bits per heavy atom. The van der Waals surface area contributed by atoms with Gasteiger partial charge in [-0.3, -0.25) is 4.79 Å². The van der Waals surface area contributed by atoms with Crippen LogP contribution in [-0.4, -0.2) is 42.3 Å². The Morgan fingerprint density at radius 1 is 1.25 bits per heavy atom. The maximum Gasteiger partial charge on any atom is 0.407 e. The first kappa shape index (κ1) is 14.4. The van der Waals surface area contributed by atoms with Crippen LogP contribution in [0.3, 0.4) is 0 Å². The summed E-state index contributed by atoms with van der Waals surface area (Å²) in [7, 11) is 1.39. The summed E-state index contributed by atoms with van der Waals surface area (Å²) in [6, 6.07) is 9.77. The van der Waals surface area contributed by atoms with Crippen LogP contribution in [0.25, 0.3) is 0 Å². The van der Waals surface area contributed by atoms with Gasteiger partial charge in [0, 0.05) is 13.1 Å². The molecule has 1 aromatic rings. The Kier molecular flexibility index (Phi) is 4.27. The van der Waals surface area contributed by atoms with Crippen molar-refractivity contribution in [1.82, 2.24) is 4.90 Å². The smallest absolute Gasteiger partial charge is 0.407 e. The van der Waals surface area contributed by atoms with Crippen LogP contribution < -0.4 is 0 Å². The summed E-state index contributed by atoms with van der Waals surface area (Å²) in [5.74, 6) is -0.244. The third-order valence-electron chi connectivity index (χ3n) is 3.99. The van der Waals surface area contributed by atoms with Crippen molar-refractivity contribution >= 4 is 12.1 Å². The number of hydrogen-bond donors (Lipinski definition) is 1. The van der Waals surface area contributed by atoms with Crippen LogP contribution in [0.1, 0.15) is 18.4 Å². The van der Waals surface area contributed by atoms with E-state index in [4.69, 9.17) is 9.84 Å². The van der Waals surface area contributed by atoms with Crippen molar-refractivity contribution in [3.63, 3.8) is 0 Å². The summed E-state index contributed by atoms with van der Waals surface area (Å²) in [6.45, 7) is 0.745. The maximum atomic E-state index is 12.2. The van der Waals surface area contributed by atoms with E-state index < -0.39 is 11.5 Å². The third kappa shape index (κ3) is 2.92. The average molecular weight is 277 g/mol. The van der Waals surface area contributed by atoms with Crippen LogP contribution in [0.5, 0.6) is 0 Å². The van der Waals surface area contributed by atoms with Gasteiger partial charge in [-0.1, -0.05) is 30.3 Å². The summed E-state index contributed by atoms with van der Waals surface area (Å²) in [5.41, 5.74) is 0.462. The molecule has 0 spiro atoms. The lowest BCUT2D eigenvalue weighted by Gasteiger charge is -2.38. The van der Waals surface area contributed by atoms with Crippen LogP contribution >= 0.6 is 0 Å². The molecular weight excluding hydrogens is 258 g/mol. The van der Waals surface area contributed by atoms with Gasteiger partial charge in [-0.2, -0.15) is 0 Å². The number of rotatable bonds is 3. The first-order valence-electron chi connectivity index (χ1n) is 6.68. The Labute approximate surface area is 118 Å². The number of piperidine rings is 1. The number of likely N-dealkylation sites (tertiary alicyclic amines) is 1. The highest BCUT2D eigenvalue weighted by atomic mass is 16.5. The zero-order valence-electron chi connectivity index (χ0n) is 11.5. The number of carbonyl (C=O) groups excluding carboxylic acids is 1. The van der Waals surface area contributed by atoms with E-state index in [0.717, 1.165) is 5.56 Å². The number of esters is 1. The minimum Gasteiger partial charge on any atom is -0.469 e. The molecule has 5 heteroatoms. The molecule has 0 bridgehead atoms. The molecule has 0 unspecified atom stereocenters. The fourth-order valence-corrected chi connectivity index (χ4v) is 2.78. The summed E-state index contributed by atoms with van der Waals surface area (Å²) in [5, 5.41) is 9.00. The first-order chi connectivity index (χ1) is 9.57. The van der Waals surface area contributed by atoms with Crippen LogP contribution in [0.15, 0.2) is 30.3 Å². The molecule has 108 valence electrons. The number of ether oxygens (including phenoxy) is 1. The van der Waals surface area contributed by atoms with E-state index in [-0.39, 0.29) is 5.97 Å². The fourth-order valence-electron chi connectivity index (χ4n) is 2.78. The normalized spacial score (nSPS) is 17.6. The van der Waals surface area contributed by atoms with E-state index in [9.17, 15) is 9.59 Å². The van der Waals surface area contributed by atoms with Crippen molar-refractivity contribution in [3.05, 3.63) is 35.9 Å². The second-order valence-electron chi connectivity index (χ2n) is 5.20. The number of amides is 1. The molecule has 1 saturated heterocycles. The predicted molar refractivity (Wildman–Crippen MR) is 73.4 cm³/mol. The molecule has 0 saturated carbocycles. The Balaban J connectivity index is 2.16. The van der Waals surface area contributed by atoms with Crippen LogP contribution in [-0.2, 0) is 16.0 Å². The van der Waals surface area contributed by atoms with E-state index in [1.165, 1.54) is 12.0 Å².